The van der Waals surface area contributed by atoms with E-state index in [1.807, 2.05) is 6.07 Å². The van der Waals surface area contributed by atoms with Crippen LogP contribution in [0.3, 0.4) is 0 Å². The van der Waals surface area contributed by atoms with Crippen LogP contribution in [-0.2, 0) is 13.0 Å². The van der Waals surface area contributed by atoms with E-state index >= 15 is 0 Å². The van der Waals surface area contributed by atoms with Gasteiger partial charge in [-0.1, -0.05) is 6.07 Å². The Hall–Kier alpha value is -0.930. The van der Waals surface area contributed by atoms with E-state index < -0.39 is 0 Å². The number of hydrogen-bond acceptors (Lipinski definition) is 2. The summed E-state index contributed by atoms with van der Waals surface area (Å²) in [5.41, 5.74) is 2.24. The van der Waals surface area contributed by atoms with Gasteiger partial charge in [0.1, 0.15) is 5.82 Å². The molecule has 0 fully saturated rings. The molecule has 1 aromatic carbocycles. The summed E-state index contributed by atoms with van der Waals surface area (Å²) in [4.78, 5) is 0. The number of halogens is 1. The van der Waals surface area contributed by atoms with Gasteiger partial charge in [0, 0.05) is 13.1 Å². The molecule has 0 atom stereocenters. The van der Waals surface area contributed by atoms with Gasteiger partial charge in [0.25, 0.3) is 0 Å². The molecule has 1 heterocycles. The Kier molecular flexibility index (Phi) is 1.83. The van der Waals surface area contributed by atoms with Crippen molar-refractivity contribution in [3.8, 4) is 0 Å². The van der Waals surface area contributed by atoms with Crippen LogP contribution in [0.25, 0.3) is 0 Å². The van der Waals surface area contributed by atoms with Crippen molar-refractivity contribution in [2.24, 2.45) is 5.84 Å². The fourth-order valence-corrected chi connectivity index (χ4v) is 1.54. The van der Waals surface area contributed by atoms with Crippen molar-refractivity contribution in [1.82, 2.24) is 5.01 Å². The zero-order valence-corrected chi connectivity index (χ0v) is 6.76. The SMILES string of the molecule is NN1CCc2cc(F)ccc2C1. The molecule has 2 nitrogen and oxygen atoms in total. The molecule has 0 aromatic heterocycles. The molecular weight excluding hydrogens is 155 g/mol. The van der Waals surface area contributed by atoms with Crippen molar-refractivity contribution in [1.29, 1.82) is 0 Å². The van der Waals surface area contributed by atoms with Crippen LogP contribution < -0.4 is 5.84 Å². The molecule has 1 aliphatic heterocycles. The number of nitrogens with two attached hydrogens (primary N) is 1. The zero-order valence-electron chi connectivity index (χ0n) is 6.76. The monoisotopic (exact) mass is 166 g/mol. The standard InChI is InChI=1S/C9H11FN2/c10-9-2-1-8-6-12(11)4-3-7(8)5-9/h1-2,5H,3-4,6,11H2. The van der Waals surface area contributed by atoms with Gasteiger partial charge >= 0.3 is 0 Å². The predicted molar refractivity (Wildman–Crippen MR) is 44.7 cm³/mol. The number of hydrogen-bond donors (Lipinski definition) is 1. The van der Waals surface area contributed by atoms with Gasteiger partial charge in [-0.3, -0.25) is 5.84 Å². The van der Waals surface area contributed by atoms with E-state index in [-0.39, 0.29) is 5.82 Å². The summed E-state index contributed by atoms with van der Waals surface area (Å²) in [7, 11) is 0. The van der Waals surface area contributed by atoms with Crippen LogP contribution in [0, 0.1) is 5.82 Å². The number of hydrazine groups is 1. The third-order valence-electron chi connectivity index (χ3n) is 2.21. The van der Waals surface area contributed by atoms with Crippen molar-refractivity contribution >= 4 is 0 Å². The largest absolute Gasteiger partial charge is 0.268 e. The molecule has 12 heavy (non-hydrogen) atoms. The smallest absolute Gasteiger partial charge is 0.123 e. The van der Waals surface area contributed by atoms with E-state index in [2.05, 4.69) is 0 Å². The maximum Gasteiger partial charge on any atom is 0.123 e. The van der Waals surface area contributed by atoms with E-state index in [0.29, 0.717) is 0 Å². The normalized spacial score (nSPS) is 17.5. The Morgan fingerprint density at radius 2 is 2.17 bits per heavy atom. The minimum Gasteiger partial charge on any atom is -0.268 e. The highest BCUT2D eigenvalue weighted by Crippen LogP contribution is 2.17. The van der Waals surface area contributed by atoms with E-state index in [1.54, 1.807) is 11.1 Å². The van der Waals surface area contributed by atoms with Crippen molar-refractivity contribution in [2.45, 2.75) is 13.0 Å². The first-order chi connectivity index (χ1) is 5.75. The Bertz CT molecular complexity index is 299. The third-order valence-corrected chi connectivity index (χ3v) is 2.21. The average molecular weight is 166 g/mol. The highest BCUT2D eigenvalue weighted by atomic mass is 19.1. The number of fused-ring (bicyclic) bond motifs is 1. The average Bonchev–Trinajstić information content (AvgIpc) is 2.05. The second kappa shape index (κ2) is 2.84. The van der Waals surface area contributed by atoms with Gasteiger partial charge in [0.05, 0.1) is 0 Å². The molecule has 0 aliphatic carbocycles. The molecule has 0 radical (unpaired) electrons. The molecule has 1 aliphatic rings. The maximum atomic E-state index is 12.7. The second-order valence-electron chi connectivity index (χ2n) is 3.13. The van der Waals surface area contributed by atoms with Gasteiger partial charge in [-0.25, -0.2) is 9.40 Å². The summed E-state index contributed by atoms with van der Waals surface area (Å²) in [6.07, 6.45) is 0.851. The van der Waals surface area contributed by atoms with E-state index in [1.165, 1.54) is 6.07 Å². The molecule has 2 N–H and O–H groups in total. The van der Waals surface area contributed by atoms with Crippen molar-refractivity contribution in [3.05, 3.63) is 35.1 Å². The molecule has 2 rings (SSSR count). The summed E-state index contributed by atoms with van der Waals surface area (Å²) >= 11 is 0. The highest BCUT2D eigenvalue weighted by Gasteiger charge is 2.13. The topological polar surface area (TPSA) is 29.3 Å². The second-order valence-corrected chi connectivity index (χ2v) is 3.13. The highest BCUT2D eigenvalue weighted by molar-refractivity contribution is 5.29. The minimum absolute atomic E-state index is 0.153. The maximum absolute atomic E-state index is 12.7. The van der Waals surface area contributed by atoms with Gasteiger partial charge in [-0.2, -0.15) is 0 Å². The number of benzene rings is 1. The van der Waals surface area contributed by atoms with E-state index in [4.69, 9.17) is 5.84 Å². The lowest BCUT2D eigenvalue weighted by atomic mass is 10.0. The predicted octanol–water partition coefficient (Wildman–Crippen LogP) is 1.06. The molecule has 0 saturated heterocycles. The van der Waals surface area contributed by atoms with Gasteiger partial charge in [0.2, 0.25) is 0 Å². The summed E-state index contributed by atoms with van der Waals surface area (Å²) in [5, 5.41) is 1.75. The molecule has 3 heteroatoms. The summed E-state index contributed by atoms with van der Waals surface area (Å²) in [5.74, 6) is 5.47. The van der Waals surface area contributed by atoms with Gasteiger partial charge in [0.15, 0.2) is 0 Å². The summed E-state index contributed by atoms with van der Waals surface area (Å²) in [6, 6.07) is 4.89. The van der Waals surface area contributed by atoms with E-state index in [9.17, 15) is 4.39 Å². The molecule has 0 saturated carbocycles. The van der Waals surface area contributed by atoms with Crippen molar-refractivity contribution in [3.63, 3.8) is 0 Å². The Morgan fingerprint density at radius 1 is 1.33 bits per heavy atom. The van der Waals surface area contributed by atoms with Crippen LogP contribution in [0.2, 0.25) is 0 Å². The van der Waals surface area contributed by atoms with Crippen LogP contribution in [0.15, 0.2) is 18.2 Å². The molecule has 0 amide bonds. The van der Waals surface area contributed by atoms with Gasteiger partial charge < -0.3 is 0 Å². The summed E-state index contributed by atoms with van der Waals surface area (Å²) in [6.45, 7) is 1.55. The van der Waals surface area contributed by atoms with Gasteiger partial charge in [-0.15, -0.1) is 0 Å². The van der Waals surface area contributed by atoms with E-state index in [0.717, 1.165) is 30.6 Å². The van der Waals surface area contributed by atoms with Crippen molar-refractivity contribution in [2.75, 3.05) is 6.54 Å². The number of rotatable bonds is 0. The lowest BCUT2D eigenvalue weighted by molar-refractivity contribution is 0.262. The van der Waals surface area contributed by atoms with Crippen LogP contribution >= 0.6 is 0 Å². The Morgan fingerprint density at radius 3 is 3.00 bits per heavy atom. The molecule has 64 valence electrons. The molecule has 0 spiro atoms. The first kappa shape index (κ1) is 7.71. The first-order valence-electron chi connectivity index (χ1n) is 4.02. The lowest BCUT2D eigenvalue weighted by Gasteiger charge is -2.24. The van der Waals surface area contributed by atoms with Crippen LogP contribution in [0.4, 0.5) is 4.39 Å². The summed E-state index contributed by atoms with van der Waals surface area (Å²) < 4.78 is 12.7. The fourth-order valence-electron chi connectivity index (χ4n) is 1.54. The number of nitrogens with zero attached hydrogens (tertiary/aromatic N) is 1. The molecule has 0 bridgehead atoms. The van der Waals surface area contributed by atoms with Crippen LogP contribution in [0.5, 0.6) is 0 Å². The fraction of sp³-hybridized carbons (Fsp3) is 0.333. The van der Waals surface area contributed by atoms with Crippen LogP contribution in [-0.4, -0.2) is 11.6 Å². The molecular formula is C9H11FN2. The molecule has 1 aromatic rings. The Balaban J connectivity index is 2.37. The Labute approximate surface area is 70.8 Å². The van der Waals surface area contributed by atoms with Crippen LogP contribution in [0.1, 0.15) is 11.1 Å². The quantitative estimate of drug-likeness (QED) is 0.584. The van der Waals surface area contributed by atoms with Gasteiger partial charge in [-0.05, 0) is 29.7 Å². The zero-order chi connectivity index (χ0) is 8.55. The molecule has 0 unspecified atom stereocenters. The minimum atomic E-state index is -0.153. The van der Waals surface area contributed by atoms with Crippen molar-refractivity contribution < 1.29 is 4.39 Å². The first-order valence-corrected chi connectivity index (χ1v) is 4.02. The third kappa shape index (κ3) is 1.33. The lowest BCUT2D eigenvalue weighted by Crippen LogP contribution is -2.36.